The van der Waals surface area contributed by atoms with Gasteiger partial charge < -0.3 is 14.9 Å². The number of carbonyl (C=O) groups is 2. The van der Waals surface area contributed by atoms with Gasteiger partial charge in [0.2, 0.25) is 0 Å². The van der Waals surface area contributed by atoms with E-state index >= 15 is 0 Å². The second kappa shape index (κ2) is 15.2. The van der Waals surface area contributed by atoms with Crippen molar-refractivity contribution in [3.8, 4) is 16.9 Å². The van der Waals surface area contributed by atoms with Crippen LogP contribution in [0.25, 0.3) is 11.1 Å². The van der Waals surface area contributed by atoms with Crippen LogP contribution in [-0.4, -0.2) is 28.8 Å². The summed E-state index contributed by atoms with van der Waals surface area (Å²) in [6, 6.07) is 11.1. The Balaban J connectivity index is 2.21. The number of hydrogen-bond donors (Lipinski definition) is 2. The number of rotatable bonds is 17. The lowest BCUT2D eigenvalue weighted by atomic mass is 9.94. The van der Waals surface area contributed by atoms with Gasteiger partial charge in [0.1, 0.15) is 5.75 Å². The van der Waals surface area contributed by atoms with E-state index in [4.69, 9.17) is 9.84 Å². The Hall–Kier alpha value is -2.82. The second-order valence-electron chi connectivity index (χ2n) is 8.97. The van der Waals surface area contributed by atoms with Crippen molar-refractivity contribution in [2.24, 2.45) is 0 Å². The topological polar surface area (TPSA) is 83.8 Å². The maximum atomic E-state index is 11.2. The summed E-state index contributed by atoms with van der Waals surface area (Å²) in [5.41, 5.74) is 4.38. The number of aryl methyl sites for hydroxylation is 2. The van der Waals surface area contributed by atoms with Gasteiger partial charge in [-0.2, -0.15) is 0 Å². The highest BCUT2D eigenvalue weighted by molar-refractivity contribution is 5.88. The number of aliphatic carboxylic acids is 1. The van der Waals surface area contributed by atoms with E-state index in [1.165, 1.54) is 32.1 Å². The molecule has 0 amide bonds. The first-order chi connectivity index (χ1) is 16.5. The van der Waals surface area contributed by atoms with Gasteiger partial charge >= 0.3 is 11.9 Å². The first-order valence-corrected chi connectivity index (χ1v) is 12.8. The molecule has 0 bridgehead atoms. The molecule has 34 heavy (non-hydrogen) atoms. The molecular formula is C29H40O5. The SMILES string of the molecule is CCCCCCCCCOc1c(CCC)cc(-c2ccc(C(=O)O)cc2)cc1CCCC(=O)O. The van der Waals surface area contributed by atoms with Gasteiger partial charge in [0.05, 0.1) is 12.2 Å². The fourth-order valence-electron chi connectivity index (χ4n) is 4.22. The van der Waals surface area contributed by atoms with Crippen LogP contribution in [0.5, 0.6) is 5.75 Å². The number of benzene rings is 2. The van der Waals surface area contributed by atoms with E-state index in [-0.39, 0.29) is 12.0 Å². The highest BCUT2D eigenvalue weighted by Crippen LogP contribution is 2.33. The molecule has 2 rings (SSSR count). The van der Waals surface area contributed by atoms with Gasteiger partial charge in [0.25, 0.3) is 0 Å². The lowest BCUT2D eigenvalue weighted by molar-refractivity contribution is -0.137. The molecule has 0 spiro atoms. The molecule has 2 aromatic carbocycles. The zero-order valence-corrected chi connectivity index (χ0v) is 20.8. The predicted molar refractivity (Wildman–Crippen MR) is 137 cm³/mol. The molecule has 2 aromatic rings. The maximum absolute atomic E-state index is 11.2. The standard InChI is InChI=1S/C29H40O5/c1-3-5-6-7-8-9-10-19-34-28-24(12-4-2)20-26(21-25(28)13-11-14-27(30)31)22-15-17-23(18-16-22)29(32)33/h15-18,20-21H,3-14,19H2,1-2H3,(H,30,31)(H,32,33). The third-order valence-corrected chi connectivity index (χ3v) is 6.06. The summed E-state index contributed by atoms with van der Waals surface area (Å²) >= 11 is 0. The number of unbranched alkanes of at least 4 members (excludes halogenated alkanes) is 6. The monoisotopic (exact) mass is 468 g/mol. The maximum Gasteiger partial charge on any atom is 0.335 e. The zero-order chi connectivity index (χ0) is 24.8. The van der Waals surface area contributed by atoms with Gasteiger partial charge in [-0.25, -0.2) is 4.79 Å². The third-order valence-electron chi connectivity index (χ3n) is 6.06. The highest BCUT2D eigenvalue weighted by atomic mass is 16.5. The molecule has 0 aliphatic carbocycles. The Morgan fingerprint density at radius 3 is 1.94 bits per heavy atom. The molecule has 186 valence electrons. The van der Waals surface area contributed by atoms with Gasteiger partial charge in [-0.1, -0.05) is 70.9 Å². The van der Waals surface area contributed by atoms with E-state index in [1.807, 2.05) is 12.1 Å². The summed E-state index contributed by atoms with van der Waals surface area (Å²) < 4.78 is 6.32. The van der Waals surface area contributed by atoms with Crippen molar-refractivity contribution in [2.45, 2.75) is 90.9 Å². The van der Waals surface area contributed by atoms with Crippen molar-refractivity contribution in [2.75, 3.05) is 6.61 Å². The minimum atomic E-state index is -0.943. The molecule has 0 aliphatic rings. The Kier molecular flexibility index (Phi) is 12.2. The summed E-state index contributed by atoms with van der Waals surface area (Å²) in [7, 11) is 0. The van der Waals surface area contributed by atoms with Gasteiger partial charge in [0, 0.05) is 6.42 Å². The molecule has 2 N–H and O–H groups in total. The van der Waals surface area contributed by atoms with Crippen molar-refractivity contribution in [3.05, 3.63) is 53.1 Å². The molecular weight excluding hydrogens is 428 g/mol. The van der Waals surface area contributed by atoms with Crippen molar-refractivity contribution in [1.29, 1.82) is 0 Å². The minimum Gasteiger partial charge on any atom is -0.493 e. The summed E-state index contributed by atoms with van der Waals surface area (Å²) in [4.78, 5) is 22.3. The van der Waals surface area contributed by atoms with Crippen LogP contribution in [0, 0.1) is 0 Å². The smallest absolute Gasteiger partial charge is 0.335 e. The second-order valence-corrected chi connectivity index (χ2v) is 8.97. The van der Waals surface area contributed by atoms with Crippen molar-refractivity contribution in [1.82, 2.24) is 0 Å². The van der Waals surface area contributed by atoms with Crippen LogP contribution >= 0.6 is 0 Å². The molecule has 0 aliphatic heterocycles. The van der Waals surface area contributed by atoms with E-state index in [2.05, 4.69) is 26.0 Å². The van der Waals surface area contributed by atoms with E-state index < -0.39 is 11.9 Å². The lowest BCUT2D eigenvalue weighted by Gasteiger charge is -2.18. The Morgan fingerprint density at radius 1 is 0.735 bits per heavy atom. The molecule has 5 nitrogen and oxygen atoms in total. The Labute approximate surface area is 204 Å². The van der Waals surface area contributed by atoms with Crippen LogP contribution in [0.3, 0.4) is 0 Å². The van der Waals surface area contributed by atoms with Crippen LogP contribution in [-0.2, 0) is 17.6 Å². The van der Waals surface area contributed by atoms with Crippen LogP contribution in [0.2, 0.25) is 0 Å². The summed E-state index contributed by atoms with van der Waals surface area (Å²) in [5, 5.41) is 18.3. The summed E-state index contributed by atoms with van der Waals surface area (Å²) in [5.74, 6) is -0.828. The van der Waals surface area contributed by atoms with Gasteiger partial charge in [-0.3, -0.25) is 4.79 Å². The molecule has 0 aromatic heterocycles. The quantitative estimate of drug-likeness (QED) is 0.234. The molecule has 0 heterocycles. The van der Waals surface area contributed by atoms with Crippen LogP contribution in [0.4, 0.5) is 0 Å². The Morgan fingerprint density at radius 2 is 1.35 bits per heavy atom. The average Bonchev–Trinajstić information content (AvgIpc) is 2.81. The first-order valence-electron chi connectivity index (χ1n) is 12.8. The van der Waals surface area contributed by atoms with Crippen molar-refractivity contribution in [3.63, 3.8) is 0 Å². The predicted octanol–water partition coefficient (Wildman–Crippen LogP) is 7.54. The highest BCUT2D eigenvalue weighted by Gasteiger charge is 2.14. The summed E-state index contributed by atoms with van der Waals surface area (Å²) in [6.45, 7) is 5.04. The van der Waals surface area contributed by atoms with Gasteiger partial charge in [-0.05, 0) is 72.2 Å². The fourth-order valence-corrected chi connectivity index (χ4v) is 4.22. The van der Waals surface area contributed by atoms with Crippen molar-refractivity contribution >= 4 is 11.9 Å². The Bertz CT molecular complexity index is 901. The van der Waals surface area contributed by atoms with E-state index in [0.717, 1.165) is 53.7 Å². The average molecular weight is 469 g/mol. The minimum absolute atomic E-state index is 0.123. The van der Waals surface area contributed by atoms with Crippen LogP contribution in [0.15, 0.2) is 36.4 Å². The molecule has 0 unspecified atom stereocenters. The number of carboxylic acids is 2. The van der Waals surface area contributed by atoms with E-state index in [0.29, 0.717) is 19.4 Å². The van der Waals surface area contributed by atoms with Gasteiger partial charge in [-0.15, -0.1) is 0 Å². The van der Waals surface area contributed by atoms with Gasteiger partial charge in [0.15, 0.2) is 0 Å². The number of aromatic carboxylic acids is 1. The largest absolute Gasteiger partial charge is 0.493 e. The lowest BCUT2D eigenvalue weighted by Crippen LogP contribution is -2.06. The fraction of sp³-hybridized carbons (Fsp3) is 0.517. The number of carboxylic acid groups (broad SMARTS) is 2. The van der Waals surface area contributed by atoms with Crippen LogP contribution in [0.1, 0.15) is 99.5 Å². The molecule has 0 fully saturated rings. The molecule has 0 atom stereocenters. The van der Waals surface area contributed by atoms with E-state index in [9.17, 15) is 14.7 Å². The molecule has 0 saturated heterocycles. The zero-order valence-electron chi connectivity index (χ0n) is 20.8. The first kappa shape index (κ1) is 27.4. The third kappa shape index (κ3) is 9.20. The molecule has 0 saturated carbocycles. The van der Waals surface area contributed by atoms with E-state index in [1.54, 1.807) is 12.1 Å². The van der Waals surface area contributed by atoms with Crippen molar-refractivity contribution < 1.29 is 24.5 Å². The number of hydrogen-bond acceptors (Lipinski definition) is 3. The van der Waals surface area contributed by atoms with Crippen LogP contribution < -0.4 is 4.74 Å². The number of ether oxygens (including phenoxy) is 1. The summed E-state index contributed by atoms with van der Waals surface area (Å²) in [6.07, 6.45) is 11.7. The normalized spacial score (nSPS) is 10.9. The molecule has 0 radical (unpaired) electrons. The molecule has 5 heteroatoms.